The molecule has 1 unspecified atom stereocenters. The minimum atomic E-state index is -0.724. The predicted octanol–water partition coefficient (Wildman–Crippen LogP) is 2.87. The van der Waals surface area contributed by atoms with Crippen LogP contribution in [0.25, 0.3) is 0 Å². The van der Waals surface area contributed by atoms with Crippen molar-refractivity contribution in [3.05, 3.63) is 29.8 Å². The molecule has 2 saturated heterocycles. The van der Waals surface area contributed by atoms with E-state index in [0.29, 0.717) is 30.6 Å². The first-order valence-electron chi connectivity index (χ1n) is 9.47. The number of rotatable bonds is 3. The number of nitrogens with zero attached hydrogens (tertiary/aromatic N) is 2. The molecule has 0 bridgehead atoms. The Hall–Kier alpha value is -2.57. The van der Waals surface area contributed by atoms with E-state index >= 15 is 0 Å². The van der Waals surface area contributed by atoms with Gasteiger partial charge in [-0.2, -0.15) is 0 Å². The van der Waals surface area contributed by atoms with Crippen LogP contribution in [0.1, 0.15) is 49.9 Å². The summed E-state index contributed by atoms with van der Waals surface area (Å²) in [6.07, 6.45) is 3.15. The molecule has 0 aliphatic carbocycles. The largest absolute Gasteiger partial charge is 0.465 e. The number of benzene rings is 1. The summed E-state index contributed by atoms with van der Waals surface area (Å²) in [6, 6.07) is 6.40. The molecule has 3 rings (SSSR count). The number of methoxy groups -OCH3 is 1. The number of hydrogen-bond acceptors (Lipinski definition) is 4. The van der Waals surface area contributed by atoms with E-state index in [-0.39, 0.29) is 18.0 Å². The third-order valence-electron chi connectivity index (χ3n) is 5.56. The Morgan fingerprint density at radius 3 is 2.33 bits per heavy atom. The normalized spacial score (nSPS) is 22.4. The van der Waals surface area contributed by atoms with E-state index in [1.807, 2.05) is 18.7 Å². The molecule has 7 heteroatoms. The van der Waals surface area contributed by atoms with Gasteiger partial charge in [0.25, 0.3) is 0 Å². The van der Waals surface area contributed by atoms with Crippen LogP contribution < -0.4 is 5.32 Å². The van der Waals surface area contributed by atoms with E-state index in [4.69, 9.17) is 0 Å². The number of ether oxygens (including phenoxy) is 1. The molecule has 3 amide bonds. The molecule has 1 aromatic rings. The molecule has 146 valence electrons. The number of hydrogen-bond donors (Lipinski definition) is 1. The average molecular weight is 373 g/mol. The lowest BCUT2D eigenvalue weighted by atomic mass is 9.85. The number of esters is 1. The number of likely N-dealkylation sites (tertiary alicyclic amines) is 2. The van der Waals surface area contributed by atoms with Gasteiger partial charge in [-0.15, -0.1) is 0 Å². The molecule has 27 heavy (non-hydrogen) atoms. The van der Waals surface area contributed by atoms with Crippen molar-refractivity contribution in [1.82, 2.24) is 9.80 Å². The first-order chi connectivity index (χ1) is 12.9. The summed E-state index contributed by atoms with van der Waals surface area (Å²) in [7, 11) is 1.33. The van der Waals surface area contributed by atoms with Gasteiger partial charge < -0.3 is 19.9 Å². The molecule has 2 heterocycles. The lowest BCUT2D eigenvalue weighted by Crippen LogP contribution is -2.63. The van der Waals surface area contributed by atoms with Gasteiger partial charge in [-0.3, -0.25) is 4.79 Å². The van der Waals surface area contributed by atoms with Crippen molar-refractivity contribution in [2.24, 2.45) is 0 Å². The summed E-state index contributed by atoms with van der Waals surface area (Å²) in [5.74, 6) is -0.356. The van der Waals surface area contributed by atoms with Gasteiger partial charge in [0.15, 0.2) is 0 Å². The van der Waals surface area contributed by atoms with E-state index < -0.39 is 11.5 Å². The van der Waals surface area contributed by atoms with Crippen molar-refractivity contribution in [3.63, 3.8) is 0 Å². The van der Waals surface area contributed by atoms with Crippen LogP contribution in [0.4, 0.5) is 10.5 Å². The Morgan fingerprint density at radius 1 is 1.11 bits per heavy atom. The number of carbonyl (C=O) groups is 3. The second-order valence-electron chi connectivity index (χ2n) is 7.48. The lowest BCUT2D eigenvalue weighted by Gasteiger charge is -2.45. The summed E-state index contributed by atoms with van der Waals surface area (Å²) in [5, 5.41) is 2.87. The summed E-state index contributed by atoms with van der Waals surface area (Å²) in [6.45, 7) is 5.35. The molecule has 0 saturated carbocycles. The number of nitrogens with one attached hydrogen (secondary N) is 1. The van der Waals surface area contributed by atoms with Crippen LogP contribution in [0.5, 0.6) is 0 Å². The summed E-state index contributed by atoms with van der Waals surface area (Å²) >= 11 is 0. The van der Waals surface area contributed by atoms with Gasteiger partial charge in [0.1, 0.15) is 5.54 Å². The van der Waals surface area contributed by atoms with Gasteiger partial charge >= 0.3 is 12.0 Å². The van der Waals surface area contributed by atoms with Crippen LogP contribution in [0, 0.1) is 0 Å². The number of urea groups is 1. The molecule has 2 fully saturated rings. The van der Waals surface area contributed by atoms with Crippen LogP contribution in [0.3, 0.4) is 0 Å². The molecule has 1 aromatic carbocycles. The number of amides is 3. The monoisotopic (exact) mass is 373 g/mol. The zero-order chi connectivity index (χ0) is 19.6. The molecule has 7 nitrogen and oxygen atoms in total. The standard InChI is InChI=1S/C20H27N3O4/c1-14(2)22-12-4-10-20(18(22)25)11-5-13-23(20)19(26)21-16-8-6-15(7-9-16)17(24)27-3/h6-9,14H,4-5,10-13H2,1-3H3,(H,21,26). The van der Waals surface area contributed by atoms with E-state index in [2.05, 4.69) is 10.1 Å². The van der Waals surface area contributed by atoms with Gasteiger partial charge in [-0.1, -0.05) is 0 Å². The second-order valence-corrected chi connectivity index (χ2v) is 7.48. The Kier molecular flexibility index (Phi) is 5.39. The highest BCUT2D eigenvalue weighted by atomic mass is 16.5. The van der Waals surface area contributed by atoms with E-state index in [1.165, 1.54) is 7.11 Å². The summed E-state index contributed by atoms with van der Waals surface area (Å²) in [5.41, 5.74) is 0.278. The van der Waals surface area contributed by atoms with E-state index in [9.17, 15) is 14.4 Å². The zero-order valence-corrected chi connectivity index (χ0v) is 16.2. The van der Waals surface area contributed by atoms with Crippen molar-refractivity contribution >= 4 is 23.6 Å². The fourth-order valence-corrected chi connectivity index (χ4v) is 4.17. The quantitative estimate of drug-likeness (QED) is 0.827. The Labute approximate surface area is 159 Å². The zero-order valence-electron chi connectivity index (χ0n) is 16.2. The molecule has 0 aromatic heterocycles. The highest BCUT2D eigenvalue weighted by Gasteiger charge is 2.53. The Bertz CT molecular complexity index is 731. The number of anilines is 1. The first-order valence-corrected chi connectivity index (χ1v) is 9.47. The third kappa shape index (κ3) is 3.50. The fourth-order valence-electron chi connectivity index (χ4n) is 4.17. The topological polar surface area (TPSA) is 79.0 Å². The predicted molar refractivity (Wildman–Crippen MR) is 102 cm³/mol. The highest BCUT2D eigenvalue weighted by Crippen LogP contribution is 2.39. The molecule has 1 spiro atoms. The van der Waals surface area contributed by atoms with Crippen molar-refractivity contribution in [1.29, 1.82) is 0 Å². The lowest BCUT2D eigenvalue weighted by molar-refractivity contribution is -0.147. The molecule has 2 aliphatic heterocycles. The smallest absolute Gasteiger partial charge is 0.337 e. The van der Waals surface area contributed by atoms with E-state index in [0.717, 1.165) is 19.4 Å². The van der Waals surface area contributed by atoms with Crippen molar-refractivity contribution in [2.45, 2.75) is 51.1 Å². The average Bonchev–Trinajstić information content (AvgIpc) is 3.08. The van der Waals surface area contributed by atoms with E-state index in [1.54, 1.807) is 29.2 Å². The van der Waals surface area contributed by atoms with Crippen LogP contribution in [0.2, 0.25) is 0 Å². The van der Waals surface area contributed by atoms with Gasteiger partial charge in [-0.05, 0) is 63.8 Å². The fraction of sp³-hybridized carbons (Fsp3) is 0.550. The Morgan fingerprint density at radius 2 is 1.74 bits per heavy atom. The molecule has 2 aliphatic rings. The molecule has 0 radical (unpaired) electrons. The molecule has 1 N–H and O–H groups in total. The number of carbonyl (C=O) groups excluding carboxylic acids is 3. The first kappa shape index (κ1) is 19.2. The molecule has 1 atom stereocenters. The van der Waals surface area contributed by atoms with Gasteiger partial charge in [0, 0.05) is 24.8 Å². The SMILES string of the molecule is COC(=O)c1ccc(NC(=O)N2CCCC23CCCN(C(C)C)C3=O)cc1. The minimum Gasteiger partial charge on any atom is -0.465 e. The van der Waals surface area contributed by atoms with Crippen molar-refractivity contribution < 1.29 is 19.1 Å². The maximum atomic E-state index is 13.2. The summed E-state index contributed by atoms with van der Waals surface area (Å²) in [4.78, 5) is 41.2. The highest BCUT2D eigenvalue weighted by molar-refractivity contribution is 5.97. The van der Waals surface area contributed by atoms with Crippen molar-refractivity contribution in [2.75, 3.05) is 25.5 Å². The van der Waals surface area contributed by atoms with Crippen LogP contribution >= 0.6 is 0 Å². The van der Waals surface area contributed by atoms with Gasteiger partial charge in [0.2, 0.25) is 5.91 Å². The summed E-state index contributed by atoms with van der Waals surface area (Å²) < 4.78 is 4.68. The second kappa shape index (κ2) is 7.58. The maximum Gasteiger partial charge on any atom is 0.337 e. The maximum absolute atomic E-state index is 13.2. The molecular formula is C20H27N3O4. The van der Waals surface area contributed by atoms with Gasteiger partial charge in [0.05, 0.1) is 12.7 Å². The number of piperidine rings is 1. The van der Waals surface area contributed by atoms with Crippen molar-refractivity contribution in [3.8, 4) is 0 Å². The van der Waals surface area contributed by atoms with Crippen LogP contribution in [-0.4, -0.2) is 59.5 Å². The van der Waals surface area contributed by atoms with Crippen LogP contribution in [-0.2, 0) is 9.53 Å². The minimum absolute atomic E-state index is 0.0671. The van der Waals surface area contributed by atoms with Gasteiger partial charge in [-0.25, -0.2) is 9.59 Å². The molecular weight excluding hydrogens is 346 g/mol. The Balaban J connectivity index is 1.76. The van der Waals surface area contributed by atoms with Crippen LogP contribution in [0.15, 0.2) is 24.3 Å². The third-order valence-corrected chi connectivity index (χ3v) is 5.56.